The fraction of sp³-hybridized carbons (Fsp3) is 0.500. The molecule has 1 aromatic carbocycles. The fourth-order valence-electron chi connectivity index (χ4n) is 4.53. The second kappa shape index (κ2) is 8.34. The molecular weight excluding hydrogens is 386 g/mol. The number of nitrogens with zero attached hydrogens (tertiary/aromatic N) is 2. The van der Waals surface area contributed by atoms with Crippen LogP contribution in [-0.2, 0) is 4.74 Å². The predicted octanol–water partition coefficient (Wildman–Crippen LogP) is 3.20. The molecule has 1 aromatic heterocycles. The van der Waals surface area contributed by atoms with Crippen LogP contribution in [-0.4, -0.2) is 62.8 Å². The summed E-state index contributed by atoms with van der Waals surface area (Å²) in [5, 5.41) is 3.99. The van der Waals surface area contributed by atoms with Gasteiger partial charge in [0.05, 0.1) is 18.1 Å². The summed E-state index contributed by atoms with van der Waals surface area (Å²) in [6, 6.07) is 12.1. The highest BCUT2D eigenvalue weighted by molar-refractivity contribution is 7.15. The van der Waals surface area contributed by atoms with Gasteiger partial charge in [0.1, 0.15) is 5.75 Å². The number of piperidine rings is 3. The Kier molecular flexibility index (Phi) is 5.44. The molecule has 4 saturated heterocycles. The number of amides is 1. The minimum Gasteiger partial charge on any atom is -0.447 e. The van der Waals surface area contributed by atoms with Crippen molar-refractivity contribution in [2.45, 2.75) is 18.9 Å². The topological polar surface area (TPSA) is 54.0 Å². The third kappa shape index (κ3) is 4.27. The van der Waals surface area contributed by atoms with Gasteiger partial charge in [-0.3, -0.25) is 4.79 Å². The molecule has 7 heteroatoms. The number of rotatable bonds is 5. The molecule has 0 unspecified atom stereocenters. The number of anilines is 1. The standard InChI is InChI=1S/C22H27N3O3S/c26-22(23-19-15-24-9-7-16(19)8-10-24)20-5-6-21(29-20)28-18-3-1-17(2-4-18)25-11-13-27-14-12-25/h1-6,16,19H,7-15H2,(H,23,26)/t19-/m0/s1. The highest BCUT2D eigenvalue weighted by Crippen LogP contribution is 2.32. The monoisotopic (exact) mass is 413 g/mol. The summed E-state index contributed by atoms with van der Waals surface area (Å²) in [4.78, 5) is 18.2. The molecule has 1 atom stereocenters. The summed E-state index contributed by atoms with van der Waals surface area (Å²) in [6.45, 7) is 6.74. The molecule has 6 rings (SSSR count). The lowest BCUT2D eigenvalue weighted by atomic mass is 9.84. The summed E-state index contributed by atoms with van der Waals surface area (Å²) in [5.41, 5.74) is 1.18. The Morgan fingerprint density at radius 3 is 2.48 bits per heavy atom. The van der Waals surface area contributed by atoms with E-state index in [4.69, 9.17) is 9.47 Å². The van der Waals surface area contributed by atoms with E-state index in [-0.39, 0.29) is 11.9 Å². The Morgan fingerprint density at radius 1 is 1.03 bits per heavy atom. The largest absolute Gasteiger partial charge is 0.447 e. The Balaban J connectivity index is 1.18. The minimum absolute atomic E-state index is 0.0197. The van der Waals surface area contributed by atoms with Gasteiger partial charge in [0.25, 0.3) is 5.91 Å². The van der Waals surface area contributed by atoms with E-state index in [1.54, 1.807) is 0 Å². The van der Waals surface area contributed by atoms with E-state index in [9.17, 15) is 4.79 Å². The number of fused-ring (bicyclic) bond motifs is 3. The summed E-state index contributed by atoms with van der Waals surface area (Å²) in [7, 11) is 0. The van der Waals surface area contributed by atoms with E-state index in [1.807, 2.05) is 24.3 Å². The van der Waals surface area contributed by atoms with Crippen molar-refractivity contribution < 1.29 is 14.3 Å². The molecule has 0 saturated carbocycles. The third-order valence-corrected chi connectivity index (χ3v) is 7.17. The van der Waals surface area contributed by atoms with Crippen LogP contribution in [0.25, 0.3) is 0 Å². The van der Waals surface area contributed by atoms with Gasteiger partial charge in [-0.05, 0) is 68.2 Å². The molecule has 6 nitrogen and oxygen atoms in total. The normalized spacial score (nSPS) is 26.3. The molecular formula is C22H27N3O3S. The number of thiophene rings is 1. The van der Waals surface area contributed by atoms with Crippen molar-refractivity contribution in [2.75, 3.05) is 50.8 Å². The molecule has 154 valence electrons. The van der Waals surface area contributed by atoms with Crippen molar-refractivity contribution in [3.8, 4) is 10.8 Å². The van der Waals surface area contributed by atoms with E-state index in [2.05, 4.69) is 27.2 Å². The maximum Gasteiger partial charge on any atom is 0.261 e. The summed E-state index contributed by atoms with van der Waals surface area (Å²) in [5.74, 6) is 1.43. The highest BCUT2D eigenvalue weighted by Gasteiger charge is 2.35. The van der Waals surface area contributed by atoms with Gasteiger partial charge < -0.3 is 24.6 Å². The molecule has 5 heterocycles. The van der Waals surface area contributed by atoms with Crippen LogP contribution in [0.5, 0.6) is 10.8 Å². The summed E-state index contributed by atoms with van der Waals surface area (Å²) in [6.07, 6.45) is 2.40. The van der Waals surface area contributed by atoms with Crippen molar-refractivity contribution >= 4 is 22.9 Å². The summed E-state index contributed by atoms with van der Waals surface area (Å²) >= 11 is 1.40. The number of benzene rings is 1. The average Bonchev–Trinajstić information content (AvgIpc) is 3.24. The van der Waals surface area contributed by atoms with E-state index in [0.717, 1.165) is 43.7 Å². The first-order chi connectivity index (χ1) is 14.2. The van der Waals surface area contributed by atoms with Crippen LogP contribution in [0.15, 0.2) is 36.4 Å². The molecule has 0 spiro atoms. The zero-order valence-corrected chi connectivity index (χ0v) is 17.3. The maximum absolute atomic E-state index is 12.7. The lowest BCUT2D eigenvalue weighted by Gasteiger charge is -2.44. The van der Waals surface area contributed by atoms with Crippen LogP contribution in [0.4, 0.5) is 5.69 Å². The first-order valence-corrected chi connectivity index (χ1v) is 11.3. The molecule has 29 heavy (non-hydrogen) atoms. The zero-order chi connectivity index (χ0) is 19.6. The van der Waals surface area contributed by atoms with Gasteiger partial charge in [0, 0.05) is 31.4 Å². The van der Waals surface area contributed by atoms with E-state index in [1.165, 1.54) is 43.0 Å². The van der Waals surface area contributed by atoms with Crippen molar-refractivity contribution in [2.24, 2.45) is 5.92 Å². The second-order valence-corrected chi connectivity index (χ2v) is 9.08. The molecule has 0 radical (unpaired) electrons. The first kappa shape index (κ1) is 18.9. The van der Waals surface area contributed by atoms with Crippen LogP contribution in [0.3, 0.4) is 0 Å². The number of morpholine rings is 1. The number of nitrogens with one attached hydrogen (secondary N) is 1. The Hall–Kier alpha value is -2.09. The smallest absolute Gasteiger partial charge is 0.261 e. The van der Waals surface area contributed by atoms with Crippen LogP contribution in [0.1, 0.15) is 22.5 Å². The van der Waals surface area contributed by atoms with Crippen molar-refractivity contribution in [1.82, 2.24) is 10.2 Å². The second-order valence-electron chi connectivity index (χ2n) is 8.03. The molecule has 4 aliphatic heterocycles. The Morgan fingerprint density at radius 2 is 1.79 bits per heavy atom. The van der Waals surface area contributed by atoms with Gasteiger partial charge >= 0.3 is 0 Å². The number of ether oxygens (including phenoxy) is 2. The van der Waals surface area contributed by atoms with Gasteiger partial charge in [-0.2, -0.15) is 0 Å². The van der Waals surface area contributed by atoms with E-state index < -0.39 is 0 Å². The summed E-state index contributed by atoms with van der Waals surface area (Å²) < 4.78 is 11.4. The van der Waals surface area contributed by atoms with Crippen LogP contribution >= 0.6 is 11.3 Å². The molecule has 4 aliphatic rings. The van der Waals surface area contributed by atoms with Crippen LogP contribution in [0.2, 0.25) is 0 Å². The molecule has 2 aromatic rings. The minimum atomic E-state index is 0.0197. The number of carbonyl (C=O) groups is 1. The molecule has 2 bridgehead atoms. The number of hydrogen-bond acceptors (Lipinski definition) is 6. The molecule has 1 amide bonds. The lowest BCUT2D eigenvalue weighted by Crippen LogP contribution is -2.57. The van der Waals surface area contributed by atoms with E-state index >= 15 is 0 Å². The number of hydrogen-bond donors (Lipinski definition) is 1. The predicted molar refractivity (Wildman–Crippen MR) is 114 cm³/mol. The Bertz CT molecular complexity index is 839. The van der Waals surface area contributed by atoms with Gasteiger partial charge in [-0.1, -0.05) is 11.3 Å². The first-order valence-electron chi connectivity index (χ1n) is 10.5. The highest BCUT2D eigenvalue weighted by atomic mass is 32.1. The van der Waals surface area contributed by atoms with Crippen molar-refractivity contribution in [3.63, 3.8) is 0 Å². The van der Waals surface area contributed by atoms with Crippen molar-refractivity contribution in [3.05, 3.63) is 41.3 Å². The van der Waals surface area contributed by atoms with Crippen LogP contribution < -0.4 is 15.0 Å². The van der Waals surface area contributed by atoms with Gasteiger partial charge in [0.15, 0.2) is 5.06 Å². The van der Waals surface area contributed by atoms with Crippen molar-refractivity contribution in [1.29, 1.82) is 0 Å². The van der Waals surface area contributed by atoms with Crippen LogP contribution in [0, 0.1) is 5.92 Å². The zero-order valence-electron chi connectivity index (χ0n) is 16.5. The number of carbonyl (C=O) groups excluding carboxylic acids is 1. The molecule has 4 fully saturated rings. The van der Waals surface area contributed by atoms with Gasteiger partial charge in [-0.15, -0.1) is 0 Å². The quantitative estimate of drug-likeness (QED) is 0.816. The third-order valence-electron chi connectivity index (χ3n) is 6.21. The van der Waals surface area contributed by atoms with E-state index in [0.29, 0.717) is 10.8 Å². The van der Waals surface area contributed by atoms with Gasteiger partial charge in [-0.25, -0.2) is 0 Å². The fourth-order valence-corrected chi connectivity index (χ4v) is 5.31. The molecule has 1 N–H and O–H groups in total. The molecule has 0 aliphatic carbocycles. The maximum atomic E-state index is 12.7. The average molecular weight is 414 g/mol. The SMILES string of the molecule is O=C(N[C@H]1CN2CCC1CC2)c1ccc(Oc2ccc(N3CCOCC3)cc2)s1. The Labute approximate surface area is 175 Å². The van der Waals surface area contributed by atoms with Gasteiger partial charge in [0.2, 0.25) is 0 Å². The lowest BCUT2D eigenvalue weighted by molar-refractivity contribution is 0.0622.